The number of piperazine rings is 1. The summed E-state index contributed by atoms with van der Waals surface area (Å²) in [7, 11) is 2.13. The summed E-state index contributed by atoms with van der Waals surface area (Å²) in [5.74, 6) is 3.18. The van der Waals surface area contributed by atoms with Gasteiger partial charge in [-0.05, 0) is 25.2 Å². The largest absolute Gasteiger partial charge is 0.436 e. The van der Waals surface area contributed by atoms with Gasteiger partial charge in [0.1, 0.15) is 16.5 Å². The molecule has 1 aliphatic rings. The standard InChI is InChI=1S/C21H23N7O2S/c1-3-11-30-21(29)23-14-16-12-17(26-25-16)18-19(28-9-7-27(2)8-10-28)24-20(31-18)15-5-4-6-22-13-15/h1,4-6,12-13H,7-11,14H2,2H3,(H,23,29)(H,25,26). The van der Waals surface area contributed by atoms with Gasteiger partial charge in [-0.3, -0.25) is 10.1 Å². The molecule has 1 aliphatic heterocycles. The van der Waals surface area contributed by atoms with Crippen molar-refractivity contribution in [1.29, 1.82) is 0 Å². The molecule has 3 aromatic heterocycles. The van der Waals surface area contributed by atoms with Crippen LogP contribution in [0.4, 0.5) is 10.6 Å². The number of terminal acetylenes is 1. The molecule has 0 aliphatic carbocycles. The monoisotopic (exact) mass is 437 g/mol. The highest BCUT2D eigenvalue weighted by Gasteiger charge is 2.24. The molecule has 4 heterocycles. The Balaban J connectivity index is 1.58. The Morgan fingerprint density at radius 1 is 1.39 bits per heavy atom. The average Bonchev–Trinajstić information content (AvgIpc) is 3.45. The van der Waals surface area contributed by atoms with Crippen molar-refractivity contribution in [2.75, 3.05) is 44.7 Å². The molecular weight excluding hydrogens is 414 g/mol. The van der Waals surface area contributed by atoms with Crippen LogP contribution in [0.3, 0.4) is 0 Å². The van der Waals surface area contributed by atoms with Gasteiger partial charge in [0, 0.05) is 44.1 Å². The molecular formula is C21H23N7O2S. The summed E-state index contributed by atoms with van der Waals surface area (Å²) < 4.78 is 4.82. The number of H-pyrrole nitrogens is 1. The molecule has 1 fully saturated rings. The summed E-state index contributed by atoms with van der Waals surface area (Å²) in [5.41, 5.74) is 2.52. The molecule has 1 saturated heterocycles. The summed E-state index contributed by atoms with van der Waals surface area (Å²) in [5, 5.41) is 11.0. The predicted octanol–water partition coefficient (Wildman–Crippen LogP) is 2.21. The van der Waals surface area contributed by atoms with Gasteiger partial charge in [0.05, 0.1) is 17.1 Å². The third-order valence-corrected chi connectivity index (χ3v) is 6.01. The van der Waals surface area contributed by atoms with Gasteiger partial charge < -0.3 is 19.9 Å². The molecule has 9 nitrogen and oxygen atoms in total. The first-order valence-corrected chi connectivity index (χ1v) is 10.7. The molecule has 1 amide bonds. The second-order valence-corrected chi connectivity index (χ2v) is 8.12. The Morgan fingerprint density at radius 2 is 2.23 bits per heavy atom. The third kappa shape index (κ3) is 5.02. The topological polar surface area (TPSA) is 99.3 Å². The van der Waals surface area contributed by atoms with Crippen molar-refractivity contribution in [3.05, 3.63) is 36.3 Å². The van der Waals surface area contributed by atoms with Crippen LogP contribution in [0.5, 0.6) is 0 Å². The number of anilines is 1. The van der Waals surface area contributed by atoms with E-state index < -0.39 is 6.09 Å². The van der Waals surface area contributed by atoms with E-state index >= 15 is 0 Å². The van der Waals surface area contributed by atoms with Crippen LogP contribution in [0.1, 0.15) is 5.69 Å². The number of alkyl carbamates (subject to hydrolysis) is 1. The number of aromatic nitrogens is 4. The minimum absolute atomic E-state index is 0.0631. The zero-order valence-corrected chi connectivity index (χ0v) is 18.0. The molecule has 0 saturated carbocycles. The molecule has 0 aromatic carbocycles. The number of thiazole rings is 1. The van der Waals surface area contributed by atoms with Gasteiger partial charge in [-0.15, -0.1) is 17.8 Å². The fraction of sp³-hybridized carbons (Fsp3) is 0.333. The zero-order valence-electron chi connectivity index (χ0n) is 17.2. The molecule has 0 unspecified atom stereocenters. The molecule has 10 heteroatoms. The highest BCUT2D eigenvalue weighted by atomic mass is 32.1. The number of carbonyl (C=O) groups is 1. The number of hydrogen-bond acceptors (Lipinski definition) is 8. The summed E-state index contributed by atoms with van der Waals surface area (Å²) >= 11 is 1.59. The predicted molar refractivity (Wildman–Crippen MR) is 120 cm³/mol. The summed E-state index contributed by atoms with van der Waals surface area (Å²) in [6, 6.07) is 5.83. The first kappa shape index (κ1) is 20.8. The number of pyridine rings is 1. The lowest BCUT2D eigenvalue weighted by Crippen LogP contribution is -2.44. The number of nitrogens with one attached hydrogen (secondary N) is 2. The number of ether oxygens (including phenoxy) is 1. The van der Waals surface area contributed by atoms with Gasteiger partial charge in [-0.2, -0.15) is 5.10 Å². The number of amides is 1. The fourth-order valence-corrected chi connectivity index (χ4v) is 4.26. The van der Waals surface area contributed by atoms with Crippen LogP contribution < -0.4 is 10.2 Å². The first-order valence-electron chi connectivity index (χ1n) is 9.87. The minimum atomic E-state index is -0.566. The van der Waals surface area contributed by atoms with Crippen molar-refractivity contribution in [1.82, 2.24) is 30.4 Å². The van der Waals surface area contributed by atoms with Gasteiger partial charge in [-0.25, -0.2) is 9.78 Å². The number of hydrogen-bond donors (Lipinski definition) is 2. The van der Waals surface area contributed by atoms with Crippen molar-refractivity contribution < 1.29 is 9.53 Å². The molecule has 0 spiro atoms. The number of carbonyl (C=O) groups excluding carboxylic acids is 1. The Labute approximate surface area is 184 Å². The second-order valence-electron chi connectivity index (χ2n) is 7.12. The number of rotatable bonds is 6. The smallest absolute Gasteiger partial charge is 0.408 e. The van der Waals surface area contributed by atoms with Gasteiger partial charge in [-0.1, -0.05) is 5.92 Å². The highest BCUT2D eigenvalue weighted by Crippen LogP contribution is 2.39. The fourth-order valence-electron chi connectivity index (χ4n) is 3.22. The molecule has 0 atom stereocenters. The lowest BCUT2D eigenvalue weighted by atomic mass is 10.2. The van der Waals surface area contributed by atoms with Crippen LogP contribution in [0.15, 0.2) is 30.6 Å². The maximum absolute atomic E-state index is 11.6. The van der Waals surface area contributed by atoms with E-state index in [1.165, 1.54) is 0 Å². The zero-order chi connectivity index (χ0) is 21.6. The molecule has 160 valence electrons. The van der Waals surface area contributed by atoms with Crippen LogP contribution in [0.25, 0.3) is 21.1 Å². The summed E-state index contributed by atoms with van der Waals surface area (Å²) in [6.07, 6.45) is 8.10. The molecule has 0 bridgehead atoms. The Morgan fingerprint density at radius 3 is 2.97 bits per heavy atom. The van der Waals surface area contributed by atoms with E-state index in [2.05, 4.69) is 43.3 Å². The van der Waals surface area contributed by atoms with Crippen LogP contribution >= 0.6 is 11.3 Å². The van der Waals surface area contributed by atoms with E-state index in [9.17, 15) is 4.79 Å². The Hall–Kier alpha value is -3.42. The quantitative estimate of drug-likeness (QED) is 0.571. The Kier molecular flexibility index (Phi) is 6.45. The second kappa shape index (κ2) is 9.59. The highest BCUT2D eigenvalue weighted by molar-refractivity contribution is 7.19. The van der Waals surface area contributed by atoms with E-state index in [-0.39, 0.29) is 13.2 Å². The van der Waals surface area contributed by atoms with E-state index in [4.69, 9.17) is 16.1 Å². The van der Waals surface area contributed by atoms with E-state index in [1.54, 1.807) is 17.5 Å². The summed E-state index contributed by atoms with van der Waals surface area (Å²) in [4.78, 5) is 26.4. The minimum Gasteiger partial charge on any atom is -0.436 e. The van der Waals surface area contributed by atoms with E-state index in [0.717, 1.165) is 58.8 Å². The first-order chi connectivity index (χ1) is 15.1. The molecule has 4 rings (SSSR count). The molecule has 3 aromatic rings. The average molecular weight is 438 g/mol. The van der Waals surface area contributed by atoms with Crippen LogP contribution in [0, 0.1) is 12.3 Å². The van der Waals surface area contributed by atoms with E-state index in [1.807, 2.05) is 24.4 Å². The Bertz CT molecular complexity index is 1070. The van der Waals surface area contributed by atoms with Crippen LogP contribution in [-0.2, 0) is 11.3 Å². The number of aromatic amines is 1. The summed E-state index contributed by atoms with van der Waals surface area (Å²) in [6.45, 7) is 3.96. The van der Waals surface area contributed by atoms with Crippen molar-refractivity contribution in [2.45, 2.75) is 6.54 Å². The third-order valence-electron chi connectivity index (χ3n) is 4.89. The van der Waals surface area contributed by atoms with Gasteiger partial charge in [0.25, 0.3) is 0 Å². The van der Waals surface area contributed by atoms with E-state index in [0.29, 0.717) is 0 Å². The molecule has 2 N–H and O–H groups in total. The number of nitrogens with zero attached hydrogens (tertiary/aromatic N) is 5. The van der Waals surface area contributed by atoms with Crippen molar-refractivity contribution >= 4 is 23.2 Å². The van der Waals surface area contributed by atoms with Crippen LogP contribution in [0.2, 0.25) is 0 Å². The lowest BCUT2D eigenvalue weighted by molar-refractivity contribution is 0.159. The van der Waals surface area contributed by atoms with Crippen molar-refractivity contribution in [3.63, 3.8) is 0 Å². The van der Waals surface area contributed by atoms with Gasteiger partial charge in [0.2, 0.25) is 0 Å². The molecule has 0 radical (unpaired) electrons. The van der Waals surface area contributed by atoms with Crippen LogP contribution in [-0.4, -0.2) is 71.0 Å². The SMILES string of the molecule is C#CCOC(=O)NCc1cc(-c2sc(-c3cccnc3)nc2N2CCN(C)CC2)n[nH]1. The normalized spacial score (nSPS) is 14.3. The van der Waals surface area contributed by atoms with Crippen molar-refractivity contribution in [2.24, 2.45) is 0 Å². The maximum atomic E-state index is 11.6. The van der Waals surface area contributed by atoms with Gasteiger partial charge >= 0.3 is 6.09 Å². The maximum Gasteiger partial charge on any atom is 0.408 e. The van der Waals surface area contributed by atoms with Crippen molar-refractivity contribution in [3.8, 4) is 33.5 Å². The van der Waals surface area contributed by atoms with Gasteiger partial charge in [0.15, 0.2) is 6.61 Å². The lowest BCUT2D eigenvalue weighted by Gasteiger charge is -2.33. The molecule has 31 heavy (non-hydrogen) atoms. The number of likely N-dealkylation sites (N-methyl/N-ethyl adjacent to an activating group) is 1.